The van der Waals surface area contributed by atoms with E-state index >= 15 is 0 Å². The summed E-state index contributed by atoms with van der Waals surface area (Å²) in [6.07, 6.45) is 1.56. The molecule has 3 aromatic rings. The molecule has 7 nitrogen and oxygen atoms in total. The van der Waals surface area contributed by atoms with Crippen LogP contribution in [0.5, 0.6) is 0 Å². The number of hydrogen-bond acceptors (Lipinski definition) is 4. The lowest BCUT2D eigenvalue weighted by atomic mass is 10.2. The van der Waals surface area contributed by atoms with Gasteiger partial charge in [-0.1, -0.05) is 47.5 Å². The molecule has 0 bridgehead atoms. The van der Waals surface area contributed by atoms with Crippen LogP contribution in [0.3, 0.4) is 0 Å². The van der Waals surface area contributed by atoms with Gasteiger partial charge >= 0.3 is 0 Å². The van der Waals surface area contributed by atoms with E-state index in [1.807, 2.05) is 18.2 Å². The largest absolute Gasteiger partial charge is 0.304 e. The van der Waals surface area contributed by atoms with Gasteiger partial charge in [0, 0.05) is 28.9 Å². The van der Waals surface area contributed by atoms with E-state index in [4.69, 9.17) is 23.2 Å². The summed E-state index contributed by atoms with van der Waals surface area (Å²) in [7, 11) is 0. The van der Waals surface area contributed by atoms with Crippen molar-refractivity contribution >= 4 is 40.6 Å². The van der Waals surface area contributed by atoms with Gasteiger partial charge in [-0.15, -0.1) is 0 Å². The first-order valence-electron chi connectivity index (χ1n) is 7.46. The third-order valence-corrected chi connectivity index (χ3v) is 4.20. The summed E-state index contributed by atoms with van der Waals surface area (Å²) >= 11 is 12.3. The van der Waals surface area contributed by atoms with Crippen LogP contribution >= 0.6 is 23.2 Å². The van der Waals surface area contributed by atoms with Gasteiger partial charge in [0.2, 0.25) is 0 Å². The molecule has 0 radical (unpaired) electrons. The van der Waals surface area contributed by atoms with Gasteiger partial charge in [0.1, 0.15) is 5.02 Å². The average Bonchev–Trinajstić information content (AvgIpc) is 2.96. The molecular formula is C17H12Cl2N4O3. The van der Waals surface area contributed by atoms with Crippen LogP contribution in [0.1, 0.15) is 15.9 Å². The maximum Gasteiger partial charge on any atom is 0.270 e. The number of nitrogens with one attached hydrogen (secondary N) is 1. The smallest absolute Gasteiger partial charge is 0.270 e. The van der Waals surface area contributed by atoms with E-state index in [1.165, 1.54) is 24.3 Å². The van der Waals surface area contributed by atoms with Crippen molar-refractivity contribution < 1.29 is 9.72 Å². The van der Waals surface area contributed by atoms with Crippen molar-refractivity contribution in [3.63, 3.8) is 0 Å². The number of carbonyl (C=O) groups is 1. The number of carbonyl (C=O) groups excluding carboxylic acids is 1. The number of benzene rings is 2. The Balaban J connectivity index is 1.77. The summed E-state index contributed by atoms with van der Waals surface area (Å²) in [6.45, 7) is 0.381. The van der Waals surface area contributed by atoms with Crippen molar-refractivity contribution in [3.8, 4) is 0 Å². The van der Waals surface area contributed by atoms with Crippen LogP contribution in [0.25, 0.3) is 0 Å². The second-order valence-corrected chi connectivity index (χ2v) is 6.19. The zero-order chi connectivity index (χ0) is 18.7. The number of nitrogens with zero attached hydrogens (tertiary/aromatic N) is 3. The number of nitro groups is 1. The molecule has 0 atom stereocenters. The molecule has 1 aromatic heterocycles. The van der Waals surface area contributed by atoms with Crippen LogP contribution in [-0.4, -0.2) is 20.6 Å². The number of non-ortho nitro benzene ring substituents is 1. The summed E-state index contributed by atoms with van der Waals surface area (Å²) in [5, 5.41) is 18.4. The molecule has 0 aliphatic carbocycles. The first kappa shape index (κ1) is 17.9. The van der Waals surface area contributed by atoms with Gasteiger partial charge in [0.05, 0.1) is 11.5 Å². The van der Waals surface area contributed by atoms with Crippen LogP contribution in [-0.2, 0) is 6.54 Å². The molecule has 9 heteroatoms. The van der Waals surface area contributed by atoms with E-state index in [-0.39, 0.29) is 22.1 Å². The summed E-state index contributed by atoms with van der Waals surface area (Å²) < 4.78 is 1.55. The standard InChI is InChI=1S/C17H12Cl2N4O3/c18-14-7-2-1-4-12(14)9-22-10-15(19)16(21-22)20-17(24)11-5-3-6-13(8-11)23(25)26/h1-8,10H,9H2,(H,20,21,24). The zero-order valence-electron chi connectivity index (χ0n) is 13.2. The molecule has 1 heterocycles. The van der Waals surface area contributed by atoms with Crippen LogP contribution in [0, 0.1) is 10.1 Å². The van der Waals surface area contributed by atoms with Crippen LogP contribution in [0.2, 0.25) is 10.0 Å². The number of aromatic nitrogens is 2. The average molecular weight is 391 g/mol. The highest BCUT2D eigenvalue weighted by Crippen LogP contribution is 2.23. The summed E-state index contributed by atoms with van der Waals surface area (Å²) in [5.74, 6) is -0.381. The van der Waals surface area contributed by atoms with Gasteiger partial charge in [-0.3, -0.25) is 19.6 Å². The van der Waals surface area contributed by atoms with Gasteiger partial charge in [-0.2, -0.15) is 5.10 Å². The minimum absolute atomic E-state index is 0.135. The zero-order valence-corrected chi connectivity index (χ0v) is 14.7. The molecule has 0 aliphatic heterocycles. The highest BCUT2D eigenvalue weighted by atomic mass is 35.5. The van der Waals surface area contributed by atoms with E-state index in [9.17, 15) is 14.9 Å². The molecule has 3 rings (SSSR count). The normalized spacial score (nSPS) is 10.5. The number of anilines is 1. The highest BCUT2D eigenvalue weighted by Gasteiger charge is 2.15. The number of halogens is 2. The molecule has 0 aliphatic rings. The van der Waals surface area contributed by atoms with Crippen molar-refractivity contribution in [2.75, 3.05) is 5.32 Å². The van der Waals surface area contributed by atoms with Gasteiger partial charge in [-0.05, 0) is 17.7 Å². The van der Waals surface area contributed by atoms with E-state index in [2.05, 4.69) is 10.4 Å². The molecule has 132 valence electrons. The first-order valence-corrected chi connectivity index (χ1v) is 8.22. The van der Waals surface area contributed by atoms with Gasteiger partial charge < -0.3 is 5.32 Å². The lowest BCUT2D eigenvalue weighted by Gasteiger charge is -2.04. The molecular weight excluding hydrogens is 379 g/mol. The van der Waals surface area contributed by atoms with Crippen LogP contribution < -0.4 is 5.32 Å². The Bertz CT molecular complexity index is 988. The molecule has 0 saturated heterocycles. The van der Waals surface area contributed by atoms with Crippen molar-refractivity contribution in [1.29, 1.82) is 0 Å². The predicted molar refractivity (Wildman–Crippen MR) is 98.8 cm³/mol. The summed E-state index contributed by atoms with van der Waals surface area (Å²) in [5.41, 5.74) is 0.814. The SMILES string of the molecule is O=C(Nc1nn(Cc2ccccc2Cl)cc1Cl)c1cccc([N+](=O)[O-])c1. The van der Waals surface area contributed by atoms with Crippen molar-refractivity contribution in [2.24, 2.45) is 0 Å². The Hall–Kier alpha value is -2.90. The molecule has 0 saturated carbocycles. The van der Waals surface area contributed by atoms with Crippen molar-refractivity contribution in [2.45, 2.75) is 6.54 Å². The number of rotatable bonds is 5. The molecule has 26 heavy (non-hydrogen) atoms. The van der Waals surface area contributed by atoms with Gasteiger partial charge in [-0.25, -0.2) is 0 Å². The molecule has 2 aromatic carbocycles. The second-order valence-electron chi connectivity index (χ2n) is 5.38. The third kappa shape index (κ3) is 4.01. The fourth-order valence-electron chi connectivity index (χ4n) is 2.30. The number of hydrogen-bond donors (Lipinski definition) is 1. The van der Waals surface area contributed by atoms with Crippen LogP contribution in [0.4, 0.5) is 11.5 Å². The van der Waals surface area contributed by atoms with Gasteiger partial charge in [0.15, 0.2) is 5.82 Å². The quantitative estimate of drug-likeness (QED) is 0.516. The molecule has 0 spiro atoms. The Morgan fingerprint density at radius 2 is 1.92 bits per heavy atom. The topological polar surface area (TPSA) is 90.1 Å². The first-order chi connectivity index (χ1) is 12.4. The fraction of sp³-hybridized carbons (Fsp3) is 0.0588. The lowest BCUT2D eigenvalue weighted by Crippen LogP contribution is -2.13. The van der Waals surface area contributed by atoms with E-state index in [1.54, 1.807) is 16.9 Å². The minimum Gasteiger partial charge on any atom is -0.304 e. The predicted octanol–water partition coefficient (Wildman–Crippen LogP) is 4.40. The lowest BCUT2D eigenvalue weighted by molar-refractivity contribution is -0.384. The molecule has 1 N–H and O–H groups in total. The van der Waals surface area contributed by atoms with Crippen molar-refractivity contribution in [3.05, 3.63) is 86.0 Å². The summed E-state index contributed by atoms with van der Waals surface area (Å²) in [6, 6.07) is 12.7. The third-order valence-electron chi connectivity index (χ3n) is 3.56. The minimum atomic E-state index is -0.567. The number of amides is 1. The Kier molecular flexibility index (Phi) is 5.20. The second kappa shape index (κ2) is 7.55. The highest BCUT2D eigenvalue weighted by molar-refractivity contribution is 6.33. The Morgan fingerprint density at radius 1 is 1.15 bits per heavy atom. The maximum atomic E-state index is 12.3. The van der Waals surface area contributed by atoms with Crippen molar-refractivity contribution in [1.82, 2.24) is 9.78 Å². The van der Waals surface area contributed by atoms with Crippen LogP contribution in [0.15, 0.2) is 54.7 Å². The van der Waals surface area contributed by atoms with E-state index in [0.717, 1.165) is 5.56 Å². The summed E-state index contributed by atoms with van der Waals surface area (Å²) in [4.78, 5) is 22.6. The number of nitro benzene ring substituents is 1. The van der Waals surface area contributed by atoms with E-state index < -0.39 is 10.8 Å². The molecule has 0 unspecified atom stereocenters. The fourth-order valence-corrected chi connectivity index (χ4v) is 2.70. The monoisotopic (exact) mass is 390 g/mol. The van der Waals surface area contributed by atoms with Gasteiger partial charge in [0.25, 0.3) is 11.6 Å². The maximum absolute atomic E-state index is 12.3. The molecule has 0 fully saturated rings. The molecule has 1 amide bonds. The Labute approximate surface area is 158 Å². The van der Waals surface area contributed by atoms with E-state index in [0.29, 0.717) is 11.6 Å². The Morgan fingerprint density at radius 3 is 2.65 bits per heavy atom.